The lowest BCUT2D eigenvalue weighted by Crippen LogP contribution is -2.03. The Kier molecular flexibility index (Phi) is 8.12. The largest absolute Gasteiger partial charge is 0.496 e. The molecule has 0 N–H and O–H groups in total. The molecule has 0 aliphatic heterocycles. The molecule has 0 radical (unpaired) electrons. The van der Waals surface area contributed by atoms with Gasteiger partial charge in [0.05, 0.1) is 14.2 Å². The molecule has 0 amide bonds. The second kappa shape index (κ2) is 8.14. The Labute approximate surface area is 113 Å². The van der Waals surface area contributed by atoms with Crippen LogP contribution in [0.25, 0.3) is 0 Å². The number of esters is 1. The molecule has 5 heteroatoms. The Hall–Kier alpha value is -0.0500. The van der Waals surface area contributed by atoms with E-state index in [0.29, 0.717) is 11.3 Å². The average Bonchev–Trinajstić information content (AvgIpc) is 2.30. The van der Waals surface area contributed by atoms with Crippen LogP contribution in [0.4, 0.5) is 0 Å². The summed E-state index contributed by atoms with van der Waals surface area (Å²) in [5, 5.41) is 0. The first-order chi connectivity index (χ1) is 7.19. The van der Waals surface area contributed by atoms with Crippen molar-refractivity contribution >= 4 is 43.2 Å². The quantitative estimate of drug-likeness (QED) is 0.528. The third kappa shape index (κ3) is 4.54. The molecule has 0 unspecified atom stereocenters. The summed E-state index contributed by atoms with van der Waals surface area (Å²) in [5.74, 6) is 0.170. The van der Waals surface area contributed by atoms with E-state index in [2.05, 4.69) is 42.0 Å². The summed E-state index contributed by atoms with van der Waals surface area (Å²) in [4.78, 5) is 11.2. The van der Waals surface area contributed by atoms with Gasteiger partial charge in [0, 0.05) is 37.2 Å². The van der Waals surface area contributed by atoms with E-state index in [-0.39, 0.29) is 5.97 Å². The lowest BCUT2D eigenvalue weighted by molar-refractivity contribution is 0.0597. The van der Waals surface area contributed by atoms with Crippen LogP contribution in [0, 0.1) is 6.92 Å². The van der Waals surface area contributed by atoms with Crippen LogP contribution in [0.2, 0.25) is 0 Å². The number of benzene rings is 1. The molecule has 1 rings (SSSR count). The molecular weight excluding hydrogens is 422 g/mol. The monoisotopic (exact) mass is 434 g/mol. The molecule has 0 fully saturated rings. The van der Waals surface area contributed by atoms with Crippen LogP contribution in [0.5, 0.6) is 5.75 Å². The van der Waals surface area contributed by atoms with Crippen LogP contribution < -0.4 is 4.74 Å². The molecule has 15 heavy (non-hydrogen) atoms. The Morgan fingerprint density at radius 3 is 2.33 bits per heavy atom. The number of rotatable bonds is 2. The Balaban J connectivity index is 0.000000921. The third-order valence-electron chi connectivity index (χ3n) is 1.76. The second-order valence-corrected chi connectivity index (χ2v) is 2.70. The smallest absolute Gasteiger partial charge is 0.341 e. The zero-order valence-electron chi connectivity index (χ0n) is 8.71. The number of aryl methyl sites for hydroxylation is 1. The summed E-state index contributed by atoms with van der Waals surface area (Å²) in [5.41, 5.74) is 1.50. The van der Waals surface area contributed by atoms with Crippen LogP contribution in [-0.4, -0.2) is 20.2 Å². The zero-order valence-corrected chi connectivity index (χ0v) is 13.0. The maximum atomic E-state index is 11.2. The highest BCUT2D eigenvalue weighted by atomic mass is 128. The lowest BCUT2D eigenvalue weighted by atomic mass is 10.1. The number of carbonyl (C=O) groups is 1. The highest BCUT2D eigenvalue weighted by molar-refractivity contribution is 15.0. The SMILES string of the molecule is COC(=O)c1ccc(C)cc1OC.II. The fraction of sp³-hybridized carbons (Fsp3) is 0.300. The van der Waals surface area contributed by atoms with Gasteiger partial charge in [-0.05, 0) is 24.6 Å². The molecule has 1 aromatic carbocycles. The van der Waals surface area contributed by atoms with Crippen LogP contribution in [0.1, 0.15) is 15.9 Å². The number of methoxy groups -OCH3 is 2. The molecule has 0 spiro atoms. The van der Waals surface area contributed by atoms with Crippen LogP contribution in [-0.2, 0) is 4.74 Å². The van der Waals surface area contributed by atoms with Crippen molar-refractivity contribution < 1.29 is 14.3 Å². The minimum atomic E-state index is -0.378. The summed E-state index contributed by atoms with van der Waals surface area (Å²) in [6.45, 7) is 1.93. The van der Waals surface area contributed by atoms with Crippen molar-refractivity contribution in [2.24, 2.45) is 0 Å². The summed E-state index contributed by atoms with van der Waals surface area (Å²) in [6.07, 6.45) is 0. The van der Waals surface area contributed by atoms with Crippen molar-refractivity contribution in [3.05, 3.63) is 29.3 Å². The summed E-state index contributed by atoms with van der Waals surface area (Å²) >= 11 is 4.24. The Bertz CT molecular complexity index is 326. The lowest BCUT2D eigenvalue weighted by Gasteiger charge is -2.06. The van der Waals surface area contributed by atoms with Gasteiger partial charge in [-0.3, -0.25) is 0 Å². The van der Waals surface area contributed by atoms with Crippen molar-refractivity contribution in [2.45, 2.75) is 6.92 Å². The van der Waals surface area contributed by atoms with Gasteiger partial charge < -0.3 is 9.47 Å². The number of hydrogen-bond acceptors (Lipinski definition) is 3. The number of hydrogen-bond donors (Lipinski definition) is 0. The zero-order chi connectivity index (χ0) is 11.8. The van der Waals surface area contributed by atoms with Gasteiger partial charge in [-0.25, -0.2) is 4.79 Å². The van der Waals surface area contributed by atoms with E-state index in [9.17, 15) is 4.79 Å². The predicted octanol–water partition coefficient (Wildman–Crippen LogP) is 3.56. The summed E-state index contributed by atoms with van der Waals surface area (Å²) in [7, 11) is 2.88. The van der Waals surface area contributed by atoms with E-state index in [1.807, 2.05) is 13.0 Å². The first-order valence-corrected chi connectivity index (χ1v) is 10.3. The van der Waals surface area contributed by atoms with Gasteiger partial charge in [0.15, 0.2) is 0 Å². The van der Waals surface area contributed by atoms with Gasteiger partial charge in [-0.2, -0.15) is 0 Å². The highest BCUT2D eigenvalue weighted by Crippen LogP contribution is 2.20. The minimum Gasteiger partial charge on any atom is -0.496 e. The molecule has 0 atom stereocenters. The van der Waals surface area contributed by atoms with Crippen molar-refractivity contribution in [3.8, 4) is 5.75 Å². The van der Waals surface area contributed by atoms with Crippen molar-refractivity contribution in [2.75, 3.05) is 14.2 Å². The van der Waals surface area contributed by atoms with Gasteiger partial charge in [0.2, 0.25) is 0 Å². The van der Waals surface area contributed by atoms with Crippen LogP contribution >= 0.6 is 37.2 Å². The molecule has 0 heterocycles. The highest BCUT2D eigenvalue weighted by Gasteiger charge is 2.11. The minimum absolute atomic E-state index is 0.378. The molecule has 0 saturated heterocycles. The fourth-order valence-electron chi connectivity index (χ4n) is 1.08. The van der Waals surface area contributed by atoms with Crippen molar-refractivity contribution in [1.82, 2.24) is 0 Å². The van der Waals surface area contributed by atoms with E-state index in [1.165, 1.54) is 14.2 Å². The van der Waals surface area contributed by atoms with Crippen LogP contribution in [0.3, 0.4) is 0 Å². The number of carbonyl (C=O) groups excluding carboxylic acids is 1. The maximum Gasteiger partial charge on any atom is 0.341 e. The normalized spacial score (nSPS) is 8.60. The van der Waals surface area contributed by atoms with E-state index in [4.69, 9.17) is 4.74 Å². The molecule has 0 bridgehead atoms. The number of ether oxygens (including phenoxy) is 2. The first kappa shape index (κ1) is 14.9. The topological polar surface area (TPSA) is 35.5 Å². The second-order valence-electron chi connectivity index (χ2n) is 2.70. The Morgan fingerprint density at radius 1 is 1.27 bits per heavy atom. The van der Waals surface area contributed by atoms with Crippen LogP contribution in [0.15, 0.2) is 18.2 Å². The standard InChI is InChI=1S/C10H12O3.I2/c1-7-4-5-8(10(11)13-3)9(6-7)12-2;1-2/h4-6H,1-3H3;. The molecule has 1 aromatic rings. The molecular formula is C10H12I2O3. The van der Waals surface area contributed by atoms with E-state index < -0.39 is 0 Å². The van der Waals surface area contributed by atoms with Crippen molar-refractivity contribution in [1.29, 1.82) is 0 Å². The van der Waals surface area contributed by atoms with Gasteiger partial charge in [-0.15, -0.1) is 0 Å². The van der Waals surface area contributed by atoms with E-state index in [1.54, 1.807) is 12.1 Å². The third-order valence-corrected chi connectivity index (χ3v) is 1.76. The van der Waals surface area contributed by atoms with Gasteiger partial charge in [0.1, 0.15) is 11.3 Å². The van der Waals surface area contributed by atoms with Gasteiger partial charge in [0.25, 0.3) is 0 Å². The van der Waals surface area contributed by atoms with Gasteiger partial charge in [-0.1, -0.05) is 6.07 Å². The van der Waals surface area contributed by atoms with Gasteiger partial charge >= 0.3 is 5.97 Å². The summed E-state index contributed by atoms with van der Waals surface area (Å²) in [6, 6.07) is 5.33. The maximum absolute atomic E-state index is 11.2. The van der Waals surface area contributed by atoms with Crippen molar-refractivity contribution in [3.63, 3.8) is 0 Å². The average molecular weight is 434 g/mol. The number of halogens is 2. The van der Waals surface area contributed by atoms with E-state index >= 15 is 0 Å². The molecule has 0 aromatic heterocycles. The molecule has 84 valence electrons. The predicted molar refractivity (Wildman–Crippen MR) is 77.1 cm³/mol. The molecule has 3 nitrogen and oxygen atoms in total. The summed E-state index contributed by atoms with van der Waals surface area (Å²) < 4.78 is 9.65. The Morgan fingerprint density at radius 2 is 1.87 bits per heavy atom. The molecule has 0 aliphatic rings. The molecule has 0 saturated carbocycles. The fourth-order valence-corrected chi connectivity index (χ4v) is 1.08. The van der Waals surface area contributed by atoms with E-state index in [0.717, 1.165) is 5.56 Å². The first-order valence-electron chi connectivity index (χ1n) is 4.06. The molecule has 0 aliphatic carbocycles.